The van der Waals surface area contributed by atoms with Gasteiger partial charge < -0.3 is 4.98 Å². The van der Waals surface area contributed by atoms with E-state index in [9.17, 15) is 13.2 Å². The van der Waals surface area contributed by atoms with E-state index in [1.165, 1.54) is 6.07 Å². The highest BCUT2D eigenvalue weighted by Crippen LogP contribution is 2.32. The molecule has 0 unspecified atom stereocenters. The number of benzene rings is 1. The maximum Gasteiger partial charge on any atom is 0.416 e. The Bertz CT molecular complexity index is 680. The molecule has 0 bridgehead atoms. The van der Waals surface area contributed by atoms with E-state index < -0.39 is 11.7 Å². The molecule has 2 aromatic heterocycles. The number of hydrogen-bond donors (Lipinski definition) is 2. The monoisotopic (exact) mass is 251 g/mol. The summed E-state index contributed by atoms with van der Waals surface area (Å²) < 4.78 is 37.7. The largest absolute Gasteiger partial charge is 0.416 e. The highest BCUT2D eigenvalue weighted by Gasteiger charge is 2.30. The Kier molecular flexibility index (Phi) is 2.19. The van der Waals surface area contributed by atoms with Crippen LogP contribution in [0, 0.1) is 0 Å². The van der Waals surface area contributed by atoms with E-state index in [4.69, 9.17) is 0 Å². The minimum absolute atomic E-state index is 0.517. The molecule has 0 fully saturated rings. The average Bonchev–Trinajstić information content (AvgIpc) is 2.95. The molecule has 2 N–H and O–H groups in total. The van der Waals surface area contributed by atoms with Gasteiger partial charge in [-0.3, -0.25) is 5.10 Å². The lowest BCUT2D eigenvalue weighted by Gasteiger charge is -2.05. The van der Waals surface area contributed by atoms with E-state index in [0.29, 0.717) is 22.3 Å². The number of hydrogen-bond acceptors (Lipinski definition) is 1. The van der Waals surface area contributed by atoms with Crippen molar-refractivity contribution in [3.8, 4) is 11.4 Å². The van der Waals surface area contributed by atoms with E-state index >= 15 is 0 Å². The second kappa shape index (κ2) is 3.63. The molecular weight excluding hydrogens is 243 g/mol. The number of alkyl halides is 3. The minimum atomic E-state index is -4.32. The van der Waals surface area contributed by atoms with Crippen LogP contribution in [0.3, 0.4) is 0 Å². The zero-order valence-corrected chi connectivity index (χ0v) is 9.05. The third-order valence-corrected chi connectivity index (χ3v) is 2.72. The Morgan fingerprint density at radius 3 is 2.56 bits per heavy atom. The number of H-pyrrole nitrogens is 2. The van der Waals surface area contributed by atoms with Crippen LogP contribution in [0.5, 0.6) is 0 Å². The lowest BCUT2D eigenvalue weighted by atomic mass is 10.1. The van der Waals surface area contributed by atoms with Crippen LogP contribution in [0.25, 0.3) is 22.3 Å². The lowest BCUT2D eigenvalue weighted by molar-refractivity contribution is -0.137. The van der Waals surface area contributed by atoms with Gasteiger partial charge in [-0.15, -0.1) is 0 Å². The maximum absolute atomic E-state index is 12.6. The smallest absolute Gasteiger partial charge is 0.353 e. The third-order valence-electron chi connectivity index (χ3n) is 2.72. The highest BCUT2D eigenvalue weighted by molar-refractivity contribution is 5.85. The molecule has 0 saturated heterocycles. The van der Waals surface area contributed by atoms with E-state index in [0.717, 1.165) is 12.1 Å². The average molecular weight is 251 g/mol. The zero-order valence-electron chi connectivity index (χ0n) is 9.05. The molecule has 0 atom stereocenters. The van der Waals surface area contributed by atoms with Crippen molar-refractivity contribution in [2.75, 3.05) is 0 Å². The standard InChI is InChI=1S/C12H8F3N3/c13-12(14,15)8-1-2-9-7(5-8)6-11(17-9)10-3-4-16-18-10/h1-6,17H,(H,16,18). The van der Waals surface area contributed by atoms with Crippen LogP contribution in [-0.2, 0) is 6.18 Å². The molecule has 0 aliphatic heterocycles. The van der Waals surface area contributed by atoms with Gasteiger partial charge in [0.2, 0.25) is 0 Å². The Morgan fingerprint density at radius 2 is 1.89 bits per heavy atom. The number of rotatable bonds is 1. The quantitative estimate of drug-likeness (QED) is 0.682. The summed E-state index contributed by atoms with van der Waals surface area (Å²) in [6, 6.07) is 7.01. The predicted octanol–water partition coefficient (Wildman–Crippen LogP) is 3.58. The molecule has 0 aliphatic carbocycles. The van der Waals surface area contributed by atoms with Crippen LogP contribution in [0.15, 0.2) is 36.5 Å². The minimum Gasteiger partial charge on any atom is -0.353 e. The molecule has 0 aliphatic rings. The summed E-state index contributed by atoms with van der Waals surface area (Å²) in [6.45, 7) is 0. The molecule has 92 valence electrons. The van der Waals surface area contributed by atoms with Gasteiger partial charge in [-0.05, 0) is 30.3 Å². The van der Waals surface area contributed by atoms with Crippen LogP contribution < -0.4 is 0 Å². The Labute approximate surface area is 99.6 Å². The van der Waals surface area contributed by atoms with Crippen molar-refractivity contribution in [3.05, 3.63) is 42.1 Å². The van der Waals surface area contributed by atoms with Gasteiger partial charge in [0, 0.05) is 17.1 Å². The molecule has 2 heterocycles. The van der Waals surface area contributed by atoms with Crippen molar-refractivity contribution >= 4 is 10.9 Å². The molecule has 18 heavy (non-hydrogen) atoms. The second-order valence-corrected chi connectivity index (χ2v) is 3.94. The van der Waals surface area contributed by atoms with Crippen LogP contribution in [0.4, 0.5) is 13.2 Å². The number of halogens is 3. The Balaban J connectivity index is 2.13. The van der Waals surface area contributed by atoms with Crippen molar-refractivity contribution < 1.29 is 13.2 Å². The molecule has 3 aromatic rings. The first-order valence-electron chi connectivity index (χ1n) is 5.24. The van der Waals surface area contributed by atoms with E-state index in [1.54, 1.807) is 18.3 Å². The topological polar surface area (TPSA) is 44.5 Å². The van der Waals surface area contributed by atoms with Crippen molar-refractivity contribution in [1.29, 1.82) is 0 Å². The van der Waals surface area contributed by atoms with Gasteiger partial charge in [-0.2, -0.15) is 18.3 Å². The summed E-state index contributed by atoms with van der Waals surface area (Å²) in [7, 11) is 0. The SMILES string of the molecule is FC(F)(F)c1ccc2[nH]c(-c3cc[nH]n3)cc2c1. The van der Waals surface area contributed by atoms with Gasteiger partial charge in [-0.1, -0.05) is 0 Å². The van der Waals surface area contributed by atoms with Crippen molar-refractivity contribution in [2.45, 2.75) is 6.18 Å². The number of aromatic amines is 2. The van der Waals surface area contributed by atoms with Crippen LogP contribution in [0.1, 0.15) is 5.56 Å². The van der Waals surface area contributed by atoms with Crippen molar-refractivity contribution in [2.24, 2.45) is 0 Å². The summed E-state index contributed by atoms with van der Waals surface area (Å²) in [6.07, 6.45) is -2.67. The number of aromatic nitrogens is 3. The third kappa shape index (κ3) is 1.75. The summed E-state index contributed by atoms with van der Waals surface area (Å²) >= 11 is 0. The summed E-state index contributed by atoms with van der Waals surface area (Å²) in [5.41, 5.74) is 1.36. The highest BCUT2D eigenvalue weighted by atomic mass is 19.4. The van der Waals surface area contributed by atoms with Gasteiger partial charge in [0.1, 0.15) is 5.69 Å². The van der Waals surface area contributed by atoms with Gasteiger partial charge in [-0.25, -0.2) is 0 Å². The fourth-order valence-electron chi connectivity index (χ4n) is 1.86. The molecular formula is C12H8F3N3. The summed E-state index contributed by atoms with van der Waals surface area (Å²) in [5.74, 6) is 0. The predicted molar refractivity (Wildman–Crippen MR) is 60.9 cm³/mol. The van der Waals surface area contributed by atoms with Crippen LogP contribution >= 0.6 is 0 Å². The fourth-order valence-corrected chi connectivity index (χ4v) is 1.86. The van der Waals surface area contributed by atoms with Gasteiger partial charge >= 0.3 is 6.18 Å². The lowest BCUT2D eigenvalue weighted by Crippen LogP contribution is -2.03. The molecule has 0 saturated carbocycles. The first kappa shape index (κ1) is 10.9. The normalized spacial score (nSPS) is 12.2. The van der Waals surface area contributed by atoms with Gasteiger partial charge in [0.05, 0.1) is 11.3 Å². The van der Waals surface area contributed by atoms with E-state index in [1.807, 2.05) is 0 Å². The molecule has 0 spiro atoms. The molecule has 3 nitrogen and oxygen atoms in total. The van der Waals surface area contributed by atoms with Gasteiger partial charge in [0.15, 0.2) is 0 Å². The first-order chi connectivity index (χ1) is 8.54. The maximum atomic E-state index is 12.6. The summed E-state index contributed by atoms with van der Waals surface area (Å²) in [4.78, 5) is 3.03. The van der Waals surface area contributed by atoms with Gasteiger partial charge in [0.25, 0.3) is 0 Å². The van der Waals surface area contributed by atoms with E-state index in [2.05, 4.69) is 15.2 Å². The molecule has 1 aromatic carbocycles. The van der Waals surface area contributed by atoms with E-state index in [-0.39, 0.29) is 0 Å². The number of nitrogens with zero attached hydrogens (tertiary/aromatic N) is 1. The fraction of sp³-hybridized carbons (Fsp3) is 0.0833. The summed E-state index contributed by atoms with van der Waals surface area (Å²) in [5, 5.41) is 7.15. The molecule has 0 amide bonds. The van der Waals surface area contributed by atoms with Crippen LogP contribution in [0.2, 0.25) is 0 Å². The zero-order chi connectivity index (χ0) is 12.8. The molecule has 0 radical (unpaired) electrons. The van der Waals surface area contributed by atoms with Crippen molar-refractivity contribution in [3.63, 3.8) is 0 Å². The Hall–Kier alpha value is -2.24. The second-order valence-electron chi connectivity index (χ2n) is 3.94. The Morgan fingerprint density at radius 1 is 1.06 bits per heavy atom. The molecule has 6 heteroatoms. The first-order valence-corrected chi connectivity index (χ1v) is 5.24. The number of fused-ring (bicyclic) bond motifs is 1. The molecule has 3 rings (SSSR count). The number of nitrogens with one attached hydrogen (secondary N) is 2. The van der Waals surface area contributed by atoms with Crippen LogP contribution in [-0.4, -0.2) is 15.2 Å². The van der Waals surface area contributed by atoms with Crippen molar-refractivity contribution in [1.82, 2.24) is 15.2 Å².